The van der Waals surface area contributed by atoms with Gasteiger partial charge in [-0.3, -0.25) is 0 Å². The smallest absolute Gasteiger partial charge is 0.175 e. The molecule has 0 bridgehead atoms. The highest BCUT2D eigenvalue weighted by molar-refractivity contribution is 7.80. The van der Waals surface area contributed by atoms with Gasteiger partial charge < -0.3 is 15.4 Å². The lowest BCUT2D eigenvalue weighted by atomic mass is 10.3. The Kier molecular flexibility index (Phi) is 5.36. The third kappa shape index (κ3) is 4.31. The minimum Gasteiger partial charge on any atom is -0.492 e. The molecule has 2 aromatic rings. The molecule has 0 aliphatic heterocycles. The molecule has 2 rings (SSSR count). The van der Waals surface area contributed by atoms with Crippen LogP contribution in [0, 0.1) is 5.82 Å². The monoisotopic (exact) mass is 324 g/mol. The van der Waals surface area contributed by atoms with E-state index < -0.39 is 5.82 Å². The van der Waals surface area contributed by atoms with Crippen molar-refractivity contribution in [3.8, 4) is 5.75 Å². The van der Waals surface area contributed by atoms with Crippen LogP contribution in [0.25, 0.3) is 0 Å². The molecule has 3 nitrogen and oxygen atoms in total. The Morgan fingerprint density at radius 3 is 2.71 bits per heavy atom. The molecule has 0 aromatic heterocycles. The first-order chi connectivity index (χ1) is 10.1. The van der Waals surface area contributed by atoms with Crippen molar-refractivity contribution >= 4 is 40.3 Å². The van der Waals surface area contributed by atoms with E-state index in [0.717, 1.165) is 5.69 Å². The maximum absolute atomic E-state index is 13.1. The van der Waals surface area contributed by atoms with E-state index in [1.54, 1.807) is 6.07 Å². The fourth-order valence-electron chi connectivity index (χ4n) is 1.71. The van der Waals surface area contributed by atoms with Crippen LogP contribution in [0.15, 0.2) is 42.5 Å². The second-order valence-electron chi connectivity index (χ2n) is 4.14. The first-order valence-electron chi connectivity index (χ1n) is 6.35. The van der Waals surface area contributed by atoms with Crippen LogP contribution in [-0.2, 0) is 0 Å². The van der Waals surface area contributed by atoms with E-state index >= 15 is 0 Å². The number of benzene rings is 2. The standard InChI is InChI=1S/C15H14ClFN2OS/c1-2-20-14-6-4-3-5-13(14)19-15(21)18-10-7-8-12(17)11(16)9-10/h3-9H,2H2,1H3,(H2,18,19,21). The quantitative estimate of drug-likeness (QED) is 0.800. The van der Waals surface area contributed by atoms with Crippen LogP contribution in [0.4, 0.5) is 15.8 Å². The second-order valence-corrected chi connectivity index (χ2v) is 4.95. The molecule has 0 saturated heterocycles. The van der Waals surface area contributed by atoms with Gasteiger partial charge in [0.25, 0.3) is 0 Å². The molecule has 0 heterocycles. The number of nitrogens with one attached hydrogen (secondary N) is 2. The number of anilines is 2. The van der Waals surface area contributed by atoms with Crippen molar-refractivity contribution < 1.29 is 9.13 Å². The number of halogens is 2. The normalized spacial score (nSPS) is 10.0. The Morgan fingerprint density at radius 1 is 1.24 bits per heavy atom. The number of ether oxygens (including phenoxy) is 1. The third-order valence-electron chi connectivity index (χ3n) is 2.61. The molecule has 0 aliphatic rings. The lowest BCUT2D eigenvalue weighted by molar-refractivity contribution is 0.342. The largest absolute Gasteiger partial charge is 0.492 e. The highest BCUT2D eigenvalue weighted by Gasteiger charge is 2.06. The van der Waals surface area contributed by atoms with Crippen LogP contribution in [0.5, 0.6) is 5.75 Å². The Bertz CT molecular complexity index is 651. The molecule has 2 aromatic carbocycles. The summed E-state index contributed by atoms with van der Waals surface area (Å²) in [5.74, 6) is 0.240. The van der Waals surface area contributed by atoms with Crippen molar-refractivity contribution in [1.82, 2.24) is 0 Å². The molecule has 0 saturated carbocycles. The summed E-state index contributed by atoms with van der Waals surface area (Å²) < 4.78 is 18.6. The van der Waals surface area contributed by atoms with Gasteiger partial charge >= 0.3 is 0 Å². The predicted octanol–water partition coefficient (Wildman–Crippen LogP) is 4.69. The van der Waals surface area contributed by atoms with Crippen molar-refractivity contribution in [2.75, 3.05) is 17.2 Å². The van der Waals surface area contributed by atoms with E-state index in [2.05, 4.69) is 10.6 Å². The number of hydrogen-bond donors (Lipinski definition) is 2. The second kappa shape index (κ2) is 7.24. The van der Waals surface area contributed by atoms with Crippen LogP contribution in [0.2, 0.25) is 5.02 Å². The lowest BCUT2D eigenvalue weighted by Gasteiger charge is -2.14. The zero-order chi connectivity index (χ0) is 15.2. The average Bonchev–Trinajstić information content (AvgIpc) is 2.45. The van der Waals surface area contributed by atoms with Crippen LogP contribution < -0.4 is 15.4 Å². The summed E-state index contributed by atoms with van der Waals surface area (Å²) in [6, 6.07) is 11.8. The highest BCUT2D eigenvalue weighted by atomic mass is 35.5. The fourth-order valence-corrected chi connectivity index (χ4v) is 2.12. The minimum absolute atomic E-state index is 0.0394. The van der Waals surface area contributed by atoms with Gasteiger partial charge in [0.2, 0.25) is 0 Å². The number of para-hydroxylation sites is 2. The van der Waals surface area contributed by atoms with Gasteiger partial charge in [0.15, 0.2) is 5.11 Å². The summed E-state index contributed by atoms with van der Waals surface area (Å²) in [7, 11) is 0. The summed E-state index contributed by atoms with van der Waals surface area (Å²) in [4.78, 5) is 0. The average molecular weight is 325 g/mol. The third-order valence-corrected chi connectivity index (χ3v) is 3.11. The van der Waals surface area contributed by atoms with Crippen LogP contribution in [0.3, 0.4) is 0 Å². The van der Waals surface area contributed by atoms with E-state index in [1.807, 2.05) is 31.2 Å². The number of rotatable bonds is 4. The summed E-state index contributed by atoms with van der Waals surface area (Å²) >= 11 is 10.9. The molecule has 6 heteroatoms. The molecular weight excluding hydrogens is 311 g/mol. The molecule has 0 fully saturated rings. The molecule has 0 spiro atoms. The van der Waals surface area contributed by atoms with Crippen LogP contribution >= 0.6 is 23.8 Å². The zero-order valence-electron chi connectivity index (χ0n) is 11.3. The van der Waals surface area contributed by atoms with Gasteiger partial charge in [-0.2, -0.15) is 0 Å². The van der Waals surface area contributed by atoms with Crippen molar-refractivity contribution in [3.63, 3.8) is 0 Å². The molecule has 0 radical (unpaired) electrons. The molecule has 0 unspecified atom stereocenters. The van der Waals surface area contributed by atoms with Gasteiger partial charge in [0.1, 0.15) is 11.6 Å². The van der Waals surface area contributed by atoms with Gasteiger partial charge in [0.05, 0.1) is 17.3 Å². The summed E-state index contributed by atoms with van der Waals surface area (Å²) in [6.07, 6.45) is 0. The van der Waals surface area contributed by atoms with Crippen molar-refractivity contribution in [3.05, 3.63) is 53.3 Å². The molecule has 2 N–H and O–H groups in total. The molecule has 0 atom stereocenters. The molecule has 21 heavy (non-hydrogen) atoms. The van der Waals surface area contributed by atoms with Crippen molar-refractivity contribution in [2.45, 2.75) is 6.92 Å². The van der Waals surface area contributed by atoms with E-state index in [-0.39, 0.29) is 5.02 Å². The fraction of sp³-hybridized carbons (Fsp3) is 0.133. The summed E-state index contributed by atoms with van der Waals surface area (Å²) in [6.45, 7) is 2.47. The first kappa shape index (κ1) is 15.5. The Hall–Kier alpha value is -1.85. The van der Waals surface area contributed by atoms with E-state index in [4.69, 9.17) is 28.6 Å². The number of hydrogen-bond acceptors (Lipinski definition) is 2. The molecule has 0 aliphatic carbocycles. The summed E-state index contributed by atoms with van der Waals surface area (Å²) in [5, 5.41) is 6.38. The number of thiocarbonyl (C=S) groups is 1. The Labute approximate surface area is 133 Å². The van der Waals surface area contributed by atoms with Crippen molar-refractivity contribution in [2.24, 2.45) is 0 Å². The Morgan fingerprint density at radius 2 is 2.00 bits per heavy atom. The lowest BCUT2D eigenvalue weighted by Crippen LogP contribution is -2.19. The molecular formula is C15H14ClFN2OS. The molecule has 0 amide bonds. The van der Waals surface area contributed by atoms with E-state index in [9.17, 15) is 4.39 Å². The summed E-state index contributed by atoms with van der Waals surface area (Å²) in [5.41, 5.74) is 1.36. The first-order valence-corrected chi connectivity index (χ1v) is 7.13. The highest BCUT2D eigenvalue weighted by Crippen LogP contribution is 2.24. The topological polar surface area (TPSA) is 33.3 Å². The predicted molar refractivity (Wildman–Crippen MR) is 88.9 cm³/mol. The zero-order valence-corrected chi connectivity index (χ0v) is 12.9. The van der Waals surface area contributed by atoms with E-state index in [1.165, 1.54) is 12.1 Å². The van der Waals surface area contributed by atoms with Gasteiger partial charge in [-0.1, -0.05) is 23.7 Å². The van der Waals surface area contributed by atoms with Crippen molar-refractivity contribution in [1.29, 1.82) is 0 Å². The van der Waals surface area contributed by atoms with Gasteiger partial charge in [0, 0.05) is 5.69 Å². The SMILES string of the molecule is CCOc1ccccc1NC(=S)Nc1ccc(F)c(Cl)c1. The van der Waals surface area contributed by atoms with E-state index in [0.29, 0.717) is 23.2 Å². The Balaban J connectivity index is 2.06. The van der Waals surface area contributed by atoms with Gasteiger partial charge in [-0.15, -0.1) is 0 Å². The van der Waals surface area contributed by atoms with Crippen LogP contribution in [-0.4, -0.2) is 11.7 Å². The van der Waals surface area contributed by atoms with Gasteiger partial charge in [-0.05, 0) is 49.5 Å². The minimum atomic E-state index is -0.470. The van der Waals surface area contributed by atoms with Crippen LogP contribution in [0.1, 0.15) is 6.92 Å². The van der Waals surface area contributed by atoms with Gasteiger partial charge in [-0.25, -0.2) is 4.39 Å². The maximum atomic E-state index is 13.1. The maximum Gasteiger partial charge on any atom is 0.175 e. The molecule has 110 valence electrons.